The van der Waals surface area contributed by atoms with E-state index in [9.17, 15) is 9.18 Å². The Morgan fingerprint density at radius 3 is 2.78 bits per heavy atom. The minimum Gasteiger partial charge on any atom is -0.484 e. The van der Waals surface area contributed by atoms with Gasteiger partial charge in [-0.2, -0.15) is 0 Å². The molecule has 2 aromatic rings. The number of aldehydes is 1. The van der Waals surface area contributed by atoms with Crippen LogP contribution >= 0.6 is 15.9 Å². The Labute approximate surface area is 112 Å². The van der Waals surface area contributed by atoms with E-state index in [1.807, 2.05) is 6.07 Å². The van der Waals surface area contributed by atoms with Crippen LogP contribution in [0.5, 0.6) is 5.75 Å². The van der Waals surface area contributed by atoms with Gasteiger partial charge in [-0.25, -0.2) is 4.39 Å². The summed E-state index contributed by atoms with van der Waals surface area (Å²) in [4.78, 5) is 14.6. The Bertz CT molecular complexity index is 557. The summed E-state index contributed by atoms with van der Waals surface area (Å²) in [6.45, 7) is 0.171. The van der Waals surface area contributed by atoms with Crippen LogP contribution in [0.4, 0.5) is 4.39 Å². The minimum atomic E-state index is -0.559. The zero-order chi connectivity index (χ0) is 13.0. The second-order valence-electron chi connectivity index (χ2n) is 3.56. The molecule has 0 unspecified atom stereocenters. The first-order valence-electron chi connectivity index (χ1n) is 5.17. The summed E-state index contributed by atoms with van der Waals surface area (Å²) in [7, 11) is 0. The van der Waals surface area contributed by atoms with Gasteiger partial charge in [-0.1, -0.05) is 0 Å². The molecule has 0 radical (unpaired) electrons. The van der Waals surface area contributed by atoms with E-state index in [4.69, 9.17) is 4.74 Å². The van der Waals surface area contributed by atoms with Gasteiger partial charge in [0.1, 0.15) is 12.9 Å². The molecule has 18 heavy (non-hydrogen) atoms. The zero-order valence-corrected chi connectivity index (χ0v) is 10.9. The van der Waals surface area contributed by atoms with Gasteiger partial charge < -0.3 is 4.74 Å². The van der Waals surface area contributed by atoms with Crippen molar-refractivity contribution < 1.29 is 13.9 Å². The van der Waals surface area contributed by atoms with E-state index in [0.29, 0.717) is 12.0 Å². The predicted octanol–water partition coefficient (Wildman–Crippen LogP) is 3.37. The summed E-state index contributed by atoms with van der Waals surface area (Å²) in [5.41, 5.74) is 0.971. The molecule has 0 N–H and O–H groups in total. The summed E-state index contributed by atoms with van der Waals surface area (Å²) in [5.74, 6) is -0.456. The molecule has 0 aliphatic carbocycles. The molecule has 0 saturated carbocycles. The number of carbonyl (C=O) groups excluding carboxylic acids is 1. The van der Waals surface area contributed by atoms with E-state index < -0.39 is 5.82 Å². The maximum absolute atomic E-state index is 13.5. The lowest BCUT2D eigenvalue weighted by Crippen LogP contribution is -1.99. The number of rotatable bonds is 4. The van der Waals surface area contributed by atoms with Crippen LogP contribution < -0.4 is 4.74 Å². The number of aromatic nitrogens is 1. The monoisotopic (exact) mass is 309 g/mol. The molecule has 0 saturated heterocycles. The van der Waals surface area contributed by atoms with Crippen LogP contribution in [0.15, 0.2) is 41.0 Å². The molecule has 0 atom stereocenters. The Morgan fingerprint density at radius 2 is 2.17 bits per heavy atom. The molecule has 92 valence electrons. The van der Waals surface area contributed by atoms with Gasteiger partial charge in [0.05, 0.1) is 5.69 Å². The Hall–Kier alpha value is -1.75. The number of carbonyl (C=O) groups is 1. The number of halogens is 2. The first-order valence-corrected chi connectivity index (χ1v) is 5.96. The van der Waals surface area contributed by atoms with E-state index in [-0.39, 0.29) is 17.9 Å². The number of ether oxygens (including phenoxy) is 1. The average molecular weight is 310 g/mol. The third kappa shape index (κ3) is 3.13. The molecule has 0 fully saturated rings. The van der Waals surface area contributed by atoms with E-state index in [0.717, 1.165) is 10.5 Å². The van der Waals surface area contributed by atoms with Gasteiger partial charge in [0.2, 0.25) is 0 Å². The van der Waals surface area contributed by atoms with Crippen molar-refractivity contribution in [1.82, 2.24) is 4.98 Å². The molecule has 5 heteroatoms. The number of nitrogens with zero attached hydrogens (tertiary/aromatic N) is 1. The summed E-state index contributed by atoms with van der Waals surface area (Å²) in [6.07, 6.45) is 2.23. The lowest BCUT2D eigenvalue weighted by atomic mass is 10.2. The maximum Gasteiger partial charge on any atom is 0.165 e. The highest BCUT2D eigenvalue weighted by Crippen LogP contribution is 2.19. The predicted molar refractivity (Wildman–Crippen MR) is 68.1 cm³/mol. The molecular formula is C13H9BrFNO2. The van der Waals surface area contributed by atoms with Crippen molar-refractivity contribution in [3.8, 4) is 5.75 Å². The standard InChI is InChI=1S/C13H9BrFNO2/c14-10-2-3-11(16-6-10)8-18-13-4-1-9(7-17)5-12(13)15/h1-7H,8H2. The summed E-state index contributed by atoms with van der Waals surface area (Å²) >= 11 is 3.27. The third-order valence-electron chi connectivity index (χ3n) is 2.26. The fourth-order valence-electron chi connectivity index (χ4n) is 1.35. The highest BCUT2D eigenvalue weighted by molar-refractivity contribution is 9.10. The second kappa shape index (κ2) is 5.73. The van der Waals surface area contributed by atoms with Gasteiger partial charge in [0, 0.05) is 16.2 Å². The zero-order valence-electron chi connectivity index (χ0n) is 9.27. The molecule has 0 spiro atoms. The van der Waals surface area contributed by atoms with Crippen LogP contribution in [0.1, 0.15) is 16.1 Å². The molecule has 1 aromatic heterocycles. The largest absolute Gasteiger partial charge is 0.484 e. The molecule has 3 nitrogen and oxygen atoms in total. The van der Waals surface area contributed by atoms with Gasteiger partial charge in [-0.05, 0) is 46.3 Å². The van der Waals surface area contributed by atoms with Crippen LogP contribution in [0.2, 0.25) is 0 Å². The van der Waals surface area contributed by atoms with Crippen molar-refractivity contribution >= 4 is 22.2 Å². The Morgan fingerprint density at radius 1 is 1.33 bits per heavy atom. The fourth-order valence-corrected chi connectivity index (χ4v) is 1.59. The minimum absolute atomic E-state index is 0.102. The van der Waals surface area contributed by atoms with Crippen molar-refractivity contribution in [3.63, 3.8) is 0 Å². The van der Waals surface area contributed by atoms with Crippen molar-refractivity contribution in [2.45, 2.75) is 6.61 Å². The van der Waals surface area contributed by atoms with Crippen LogP contribution in [0, 0.1) is 5.82 Å². The second-order valence-corrected chi connectivity index (χ2v) is 4.48. The van der Waals surface area contributed by atoms with E-state index in [2.05, 4.69) is 20.9 Å². The highest BCUT2D eigenvalue weighted by Gasteiger charge is 2.05. The maximum atomic E-state index is 13.5. The van der Waals surface area contributed by atoms with Crippen LogP contribution in [0.25, 0.3) is 0 Å². The number of hydrogen-bond donors (Lipinski definition) is 0. The number of hydrogen-bond acceptors (Lipinski definition) is 3. The first kappa shape index (κ1) is 12.7. The van der Waals surface area contributed by atoms with Crippen molar-refractivity contribution in [2.75, 3.05) is 0 Å². The molecule has 0 bridgehead atoms. The normalized spacial score (nSPS) is 10.1. The van der Waals surface area contributed by atoms with E-state index in [1.165, 1.54) is 12.1 Å². The molecule has 0 amide bonds. The third-order valence-corrected chi connectivity index (χ3v) is 2.73. The van der Waals surface area contributed by atoms with Gasteiger partial charge in [0.25, 0.3) is 0 Å². The number of benzene rings is 1. The Balaban J connectivity index is 2.06. The highest BCUT2D eigenvalue weighted by atomic mass is 79.9. The van der Waals surface area contributed by atoms with Crippen LogP contribution in [0.3, 0.4) is 0 Å². The van der Waals surface area contributed by atoms with Crippen molar-refractivity contribution in [2.24, 2.45) is 0 Å². The summed E-state index contributed by atoms with van der Waals surface area (Å²) < 4.78 is 19.7. The van der Waals surface area contributed by atoms with Gasteiger partial charge in [0.15, 0.2) is 11.6 Å². The van der Waals surface area contributed by atoms with Crippen molar-refractivity contribution in [3.05, 3.63) is 58.1 Å². The van der Waals surface area contributed by atoms with Crippen LogP contribution in [-0.2, 0) is 6.61 Å². The number of pyridine rings is 1. The fraction of sp³-hybridized carbons (Fsp3) is 0.0769. The van der Waals surface area contributed by atoms with Gasteiger partial charge >= 0.3 is 0 Å². The molecule has 0 aliphatic rings. The quantitative estimate of drug-likeness (QED) is 0.813. The average Bonchev–Trinajstić information content (AvgIpc) is 2.39. The summed E-state index contributed by atoms with van der Waals surface area (Å²) in [6, 6.07) is 7.68. The molecule has 1 heterocycles. The SMILES string of the molecule is O=Cc1ccc(OCc2ccc(Br)cn2)c(F)c1. The van der Waals surface area contributed by atoms with Gasteiger partial charge in [-0.15, -0.1) is 0 Å². The lowest BCUT2D eigenvalue weighted by molar-refractivity contribution is 0.112. The van der Waals surface area contributed by atoms with Crippen LogP contribution in [-0.4, -0.2) is 11.3 Å². The molecular weight excluding hydrogens is 301 g/mol. The molecule has 2 rings (SSSR count). The van der Waals surface area contributed by atoms with Gasteiger partial charge in [-0.3, -0.25) is 9.78 Å². The molecule has 1 aromatic carbocycles. The summed E-state index contributed by atoms with van der Waals surface area (Å²) in [5, 5.41) is 0. The van der Waals surface area contributed by atoms with E-state index in [1.54, 1.807) is 12.3 Å². The Kier molecular flexibility index (Phi) is 4.04. The lowest BCUT2D eigenvalue weighted by Gasteiger charge is -2.07. The van der Waals surface area contributed by atoms with E-state index >= 15 is 0 Å². The van der Waals surface area contributed by atoms with Crippen molar-refractivity contribution in [1.29, 1.82) is 0 Å². The topological polar surface area (TPSA) is 39.2 Å². The smallest absolute Gasteiger partial charge is 0.165 e. The first-order chi connectivity index (χ1) is 8.69. The molecule has 0 aliphatic heterocycles.